The van der Waals surface area contributed by atoms with Crippen LogP contribution in [0, 0.1) is 0 Å². The first kappa shape index (κ1) is 20.0. The zero-order chi connectivity index (χ0) is 20.8. The molecule has 2 aliphatic heterocycles. The van der Waals surface area contributed by atoms with Crippen molar-refractivity contribution in [2.75, 3.05) is 16.4 Å². The maximum absolute atomic E-state index is 13.2. The number of benzene rings is 2. The van der Waals surface area contributed by atoms with Crippen molar-refractivity contribution in [3.8, 4) is 0 Å². The number of hydrogen-bond donors (Lipinski definition) is 0. The van der Waals surface area contributed by atoms with Crippen LogP contribution in [-0.2, 0) is 16.0 Å². The van der Waals surface area contributed by atoms with Crippen molar-refractivity contribution in [2.24, 2.45) is 4.99 Å². The number of sulfone groups is 1. The van der Waals surface area contributed by atoms with Crippen molar-refractivity contribution in [2.45, 2.75) is 17.5 Å². The first-order valence-corrected chi connectivity index (χ1v) is 11.4. The Labute approximate surface area is 169 Å². The van der Waals surface area contributed by atoms with E-state index < -0.39 is 38.8 Å². The Bertz CT molecular complexity index is 1090. The minimum Gasteiger partial charge on any atom is -0.316 e. The lowest BCUT2D eigenvalue weighted by molar-refractivity contribution is -0.137. The molecular weight excluding hydrogens is 425 g/mol. The minimum atomic E-state index is -4.54. The maximum atomic E-state index is 13.2. The lowest BCUT2D eigenvalue weighted by Crippen LogP contribution is -2.37. The summed E-state index contributed by atoms with van der Waals surface area (Å²) in [6.07, 6.45) is -4.54. The van der Waals surface area contributed by atoms with Crippen molar-refractivity contribution >= 4 is 38.4 Å². The number of halogens is 3. The van der Waals surface area contributed by atoms with Gasteiger partial charge in [-0.15, -0.1) is 0 Å². The SMILES string of the molecule is O=C(N=C1SC2CS(=O)(=O)CC2N1c1cccc(C(F)(F)F)c1)c1ccccc1. The number of carbonyl (C=O) groups excluding carboxylic acids is 1. The van der Waals surface area contributed by atoms with E-state index >= 15 is 0 Å². The summed E-state index contributed by atoms with van der Waals surface area (Å²) >= 11 is 1.12. The fourth-order valence-corrected chi connectivity index (χ4v) is 7.34. The molecule has 2 saturated heterocycles. The molecular formula is C19H15F3N2O3S2. The van der Waals surface area contributed by atoms with Gasteiger partial charge < -0.3 is 4.90 Å². The largest absolute Gasteiger partial charge is 0.416 e. The molecule has 2 unspecified atom stereocenters. The molecule has 4 rings (SSSR count). The van der Waals surface area contributed by atoms with Crippen LogP contribution in [0.1, 0.15) is 15.9 Å². The van der Waals surface area contributed by atoms with Crippen LogP contribution in [0.4, 0.5) is 18.9 Å². The van der Waals surface area contributed by atoms with Gasteiger partial charge in [0.1, 0.15) is 0 Å². The third kappa shape index (κ3) is 4.04. The fourth-order valence-electron chi connectivity index (χ4n) is 3.43. The number of fused-ring (bicyclic) bond motifs is 1. The average molecular weight is 440 g/mol. The van der Waals surface area contributed by atoms with E-state index in [1.807, 2.05) is 0 Å². The summed E-state index contributed by atoms with van der Waals surface area (Å²) in [5.74, 6) is -0.830. The highest BCUT2D eigenvalue weighted by Gasteiger charge is 2.49. The van der Waals surface area contributed by atoms with E-state index in [1.54, 1.807) is 30.3 Å². The second kappa shape index (κ2) is 7.17. The summed E-state index contributed by atoms with van der Waals surface area (Å²) in [6.45, 7) is 0. The Morgan fingerprint density at radius 3 is 2.48 bits per heavy atom. The molecule has 152 valence electrons. The van der Waals surface area contributed by atoms with Gasteiger partial charge >= 0.3 is 6.18 Å². The molecule has 0 bridgehead atoms. The Balaban J connectivity index is 1.76. The van der Waals surface area contributed by atoms with E-state index in [2.05, 4.69) is 4.99 Å². The van der Waals surface area contributed by atoms with Crippen molar-refractivity contribution in [1.82, 2.24) is 0 Å². The predicted molar refractivity (Wildman–Crippen MR) is 106 cm³/mol. The number of aliphatic imine (C=N–C) groups is 1. The molecule has 2 aromatic carbocycles. The van der Waals surface area contributed by atoms with Crippen molar-refractivity contribution in [1.29, 1.82) is 0 Å². The van der Waals surface area contributed by atoms with E-state index in [-0.39, 0.29) is 22.4 Å². The molecule has 0 saturated carbocycles. The van der Waals surface area contributed by atoms with Gasteiger partial charge in [0, 0.05) is 16.5 Å². The Hall–Kier alpha value is -2.33. The highest BCUT2D eigenvalue weighted by Crippen LogP contribution is 2.42. The van der Waals surface area contributed by atoms with E-state index in [0.29, 0.717) is 5.56 Å². The lowest BCUT2D eigenvalue weighted by atomic mass is 10.1. The third-order valence-electron chi connectivity index (χ3n) is 4.74. The molecule has 0 aromatic heterocycles. The highest BCUT2D eigenvalue weighted by molar-refractivity contribution is 8.16. The van der Waals surface area contributed by atoms with E-state index in [0.717, 1.165) is 23.9 Å². The van der Waals surface area contributed by atoms with Gasteiger partial charge in [-0.25, -0.2) is 8.42 Å². The Morgan fingerprint density at radius 2 is 1.79 bits per heavy atom. The van der Waals surface area contributed by atoms with Gasteiger partial charge in [-0.1, -0.05) is 36.0 Å². The number of amidine groups is 1. The van der Waals surface area contributed by atoms with Crippen molar-refractivity contribution < 1.29 is 26.4 Å². The molecule has 2 aromatic rings. The number of carbonyl (C=O) groups is 1. The summed E-state index contributed by atoms with van der Waals surface area (Å²) < 4.78 is 63.7. The van der Waals surface area contributed by atoms with Gasteiger partial charge in [-0.2, -0.15) is 18.2 Å². The van der Waals surface area contributed by atoms with Gasteiger partial charge in [-0.3, -0.25) is 4.79 Å². The molecule has 0 N–H and O–H groups in total. The standard InChI is InChI=1S/C19H15F3N2O3S2/c20-19(21,22)13-7-4-8-14(9-13)24-15-10-29(26,27)11-16(15)28-18(24)23-17(25)12-5-2-1-3-6-12/h1-9,15-16H,10-11H2. The number of amides is 1. The van der Waals surface area contributed by atoms with Crippen molar-refractivity contribution in [3.63, 3.8) is 0 Å². The molecule has 5 nitrogen and oxygen atoms in total. The average Bonchev–Trinajstić information content (AvgIpc) is 3.12. The number of thioether (sulfide) groups is 1. The normalized spacial score (nSPS) is 24.7. The van der Waals surface area contributed by atoms with Crippen molar-refractivity contribution in [3.05, 3.63) is 65.7 Å². The van der Waals surface area contributed by atoms with Crippen LogP contribution in [0.5, 0.6) is 0 Å². The summed E-state index contributed by atoms with van der Waals surface area (Å²) in [7, 11) is -3.31. The van der Waals surface area contributed by atoms with Crippen LogP contribution in [0.25, 0.3) is 0 Å². The minimum absolute atomic E-state index is 0.101. The zero-order valence-corrected chi connectivity index (χ0v) is 16.5. The molecule has 10 heteroatoms. The summed E-state index contributed by atoms with van der Waals surface area (Å²) in [5.41, 5.74) is -0.344. The van der Waals surface area contributed by atoms with Gasteiger partial charge in [0.2, 0.25) is 0 Å². The van der Waals surface area contributed by atoms with Crippen LogP contribution >= 0.6 is 11.8 Å². The van der Waals surface area contributed by atoms with Gasteiger partial charge in [0.15, 0.2) is 15.0 Å². The molecule has 0 radical (unpaired) electrons. The lowest BCUT2D eigenvalue weighted by Gasteiger charge is -2.25. The van der Waals surface area contributed by atoms with Gasteiger partial charge in [0.05, 0.1) is 23.1 Å². The Kier molecular flexibility index (Phi) is 4.94. The van der Waals surface area contributed by atoms with E-state index in [1.165, 1.54) is 17.0 Å². The molecule has 0 spiro atoms. The van der Waals surface area contributed by atoms with Gasteiger partial charge in [-0.05, 0) is 30.3 Å². The smallest absolute Gasteiger partial charge is 0.316 e. The zero-order valence-electron chi connectivity index (χ0n) is 14.8. The van der Waals surface area contributed by atoms with Crippen LogP contribution in [0.15, 0.2) is 59.6 Å². The van der Waals surface area contributed by atoms with E-state index in [4.69, 9.17) is 0 Å². The highest BCUT2D eigenvalue weighted by atomic mass is 32.2. The number of nitrogens with zero attached hydrogens (tertiary/aromatic N) is 2. The molecule has 2 atom stereocenters. The monoisotopic (exact) mass is 440 g/mol. The summed E-state index contributed by atoms with van der Waals surface area (Å²) in [4.78, 5) is 18.1. The molecule has 29 heavy (non-hydrogen) atoms. The topological polar surface area (TPSA) is 66.8 Å². The molecule has 2 fully saturated rings. The first-order valence-electron chi connectivity index (χ1n) is 8.66. The third-order valence-corrected chi connectivity index (χ3v) is 7.95. The van der Waals surface area contributed by atoms with Crippen LogP contribution in [0.3, 0.4) is 0 Å². The second-order valence-corrected chi connectivity index (χ2v) is 10.1. The van der Waals surface area contributed by atoms with Crippen LogP contribution in [-0.4, -0.2) is 42.3 Å². The summed E-state index contributed by atoms with van der Waals surface area (Å²) in [6, 6.07) is 12.3. The predicted octanol–water partition coefficient (Wildman–Crippen LogP) is 3.62. The van der Waals surface area contributed by atoms with E-state index in [9.17, 15) is 26.4 Å². The number of anilines is 1. The number of hydrogen-bond acceptors (Lipinski definition) is 4. The molecule has 0 aliphatic carbocycles. The first-order chi connectivity index (χ1) is 13.6. The molecule has 1 amide bonds. The maximum Gasteiger partial charge on any atom is 0.416 e. The quantitative estimate of drug-likeness (QED) is 0.714. The molecule has 2 heterocycles. The second-order valence-electron chi connectivity index (χ2n) is 6.78. The molecule has 2 aliphatic rings. The Morgan fingerprint density at radius 1 is 1.07 bits per heavy atom. The number of alkyl halides is 3. The van der Waals surface area contributed by atoms with Crippen LogP contribution in [0.2, 0.25) is 0 Å². The van der Waals surface area contributed by atoms with Gasteiger partial charge in [0.25, 0.3) is 5.91 Å². The summed E-state index contributed by atoms with van der Waals surface area (Å²) in [5, 5.41) is -0.181. The fraction of sp³-hybridized carbons (Fsp3) is 0.263. The van der Waals surface area contributed by atoms with Crippen LogP contribution < -0.4 is 4.90 Å². The number of rotatable bonds is 2.